The van der Waals surface area contributed by atoms with Gasteiger partial charge >= 0.3 is 0 Å². The van der Waals surface area contributed by atoms with Crippen molar-refractivity contribution in [2.24, 2.45) is 0 Å². The quantitative estimate of drug-likeness (QED) is 0.864. The van der Waals surface area contributed by atoms with Crippen LogP contribution in [-0.2, 0) is 0 Å². The first-order valence-corrected chi connectivity index (χ1v) is 5.61. The lowest BCUT2D eigenvalue weighted by Gasteiger charge is -2.06. The number of hydrogen-bond donors (Lipinski definition) is 0. The molecule has 17 heavy (non-hydrogen) atoms. The first kappa shape index (κ1) is 11.9. The number of benzene rings is 1. The predicted octanol–water partition coefficient (Wildman–Crippen LogP) is 3.78. The number of rotatable bonds is 3. The summed E-state index contributed by atoms with van der Waals surface area (Å²) < 4.78 is 24.3. The second-order valence-corrected chi connectivity index (χ2v) is 4.13. The molecule has 1 heterocycles. The molecular weight excluding hydrogens is 289 g/mol. The van der Waals surface area contributed by atoms with E-state index in [0.29, 0.717) is 16.0 Å². The molecule has 5 heteroatoms. The molecule has 0 N–H and O–H groups in total. The van der Waals surface area contributed by atoms with Crippen LogP contribution in [0.4, 0.5) is 4.39 Å². The molecule has 3 nitrogen and oxygen atoms in total. The van der Waals surface area contributed by atoms with Gasteiger partial charge in [0.25, 0.3) is 5.88 Å². The van der Waals surface area contributed by atoms with Crippen molar-refractivity contribution in [3.05, 3.63) is 46.8 Å². The Morgan fingerprint density at radius 1 is 1.18 bits per heavy atom. The fraction of sp³-hybridized carbons (Fsp3) is 0.0833. The van der Waals surface area contributed by atoms with Gasteiger partial charge < -0.3 is 9.47 Å². The summed E-state index contributed by atoms with van der Waals surface area (Å²) in [5, 5.41) is 0. The molecule has 0 saturated carbocycles. The lowest BCUT2D eigenvalue weighted by atomic mass is 10.3. The van der Waals surface area contributed by atoms with Crippen molar-refractivity contribution in [2.45, 2.75) is 0 Å². The van der Waals surface area contributed by atoms with Crippen molar-refractivity contribution in [2.75, 3.05) is 7.11 Å². The summed E-state index contributed by atoms with van der Waals surface area (Å²) in [6.45, 7) is 0. The van der Waals surface area contributed by atoms with E-state index in [1.54, 1.807) is 31.4 Å². The second kappa shape index (κ2) is 5.14. The van der Waals surface area contributed by atoms with Crippen LogP contribution in [0.2, 0.25) is 0 Å². The van der Waals surface area contributed by atoms with Crippen LogP contribution in [0.3, 0.4) is 0 Å². The number of pyridine rings is 1. The third-order valence-electron chi connectivity index (χ3n) is 2.05. The maximum Gasteiger partial charge on any atom is 0.255 e. The van der Waals surface area contributed by atoms with Crippen molar-refractivity contribution < 1.29 is 13.9 Å². The van der Waals surface area contributed by atoms with Gasteiger partial charge in [0, 0.05) is 10.7 Å². The van der Waals surface area contributed by atoms with E-state index in [1.807, 2.05) is 0 Å². The highest BCUT2D eigenvalue weighted by atomic mass is 79.9. The number of methoxy groups -OCH3 is 1. The van der Waals surface area contributed by atoms with E-state index in [4.69, 9.17) is 9.47 Å². The van der Waals surface area contributed by atoms with Crippen LogP contribution in [0.15, 0.2) is 41.0 Å². The van der Waals surface area contributed by atoms with Gasteiger partial charge in [0.05, 0.1) is 7.11 Å². The predicted molar refractivity (Wildman–Crippen MR) is 65.0 cm³/mol. The molecule has 0 saturated heterocycles. The Morgan fingerprint density at radius 3 is 2.41 bits per heavy atom. The van der Waals surface area contributed by atoms with E-state index in [2.05, 4.69) is 20.9 Å². The molecule has 0 unspecified atom stereocenters. The SMILES string of the molecule is COc1ccc(Oc2ncc(Br)cc2F)cc1. The van der Waals surface area contributed by atoms with Gasteiger partial charge in [-0.2, -0.15) is 0 Å². The summed E-state index contributed by atoms with van der Waals surface area (Å²) in [5.41, 5.74) is 0. The Balaban J connectivity index is 2.19. The minimum absolute atomic E-state index is 0.0571. The van der Waals surface area contributed by atoms with Crippen molar-refractivity contribution in [3.8, 4) is 17.4 Å². The van der Waals surface area contributed by atoms with Crippen molar-refractivity contribution in [3.63, 3.8) is 0 Å². The summed E-state index contributed by atoms with van der Waals surface area (Å²) >= 11 is 3.13. The van der Waals surface area contributed by atoms with Gasteiger partial charge in [0.1, 0.15) is 11.5 Å². The van der Waals surface area contributed by atoms with E-state index in [1.165, 1.54) is 12.3 Å². The fourth-order valence-corrected chi connectivity index (χ4v) is 1.54. The molecule has 0 bridgehead atoms. The molecule has 1 aromatic carbocycles. The third kappa shape index (κ3) is 2.94. The van der Waals surface area contributed by atoms with Crippen LogP contribution in [0.1, 0.15) is 0 Å². The summed E-state index contributed by atoms with van der Waals surface area (Å²) in [4.78, 5) is 3.84. The zero-order valence-corrected chi connectivity index (χ0v) is 10.6. The Morgan fingerprint density at radius 2 is 1.82 bits per heavy atom. The van der Waals surface area contributed by atoms with Gasteiger partial charge in [-0.3, -0.25) is 0 Å². The van der Waals surface area contributed by atoms with E-state index in [-0.39, 0.29) is 5.88 Å². The average Bonchev–Trinajstić information content (AvgIpc) is 2.34. The summed E-state index contributed by atoms with van der Waals surface area (Å²) in [7, 11) is 1.58. The van der Waals surface area contributed by atoms with E-state index < -0.39 is 5.82 Å². The van der Waals surface area contributed by atoms with E-state index in [0.717, 1.165) is 0 Å². The Kier molecular flexibility index (Phi) is 3.58. The highest BCUT2D eigenvalue weighted by molar-refractivity contribution is 9.10. The zero-order chi connectivity index (χ0) is 12.3. The Labute approximate surface area is 106 Å². The summed E-state index contributed by atoms with van der Waals surface area (Å²) in [5.74, 6) is 0.634. The second-order valence-electron chi connectivity index (χ2n) is 3.22. The van der Waals surface area contributed by atoms with Crippen molar-refractivity contribution in [1.29, 1.82) is 0 Å². The van der Waals surface area contributed by atoms with Crippen molar-refractivity contribution in [1.82, 2.24) is 4.98 Å². The molecule has 0 aliphatic heterocycles. The van der Waals surface area contributed by atoms with Crippen molar-refractivity contribution >= 4 is 15.9 Å². The van der Waals surface area contributed by atoms with Gasteiger partial charge in [-0.15, -0.1) is 0 Å². The Hall–Kier alpha value is -1.62. The van der Waals surface area contributed by atoms with E-state index >= 15 is 0 Å². The largest absolute Gasteiger partial charge is 0.497 e. The summed E-state index contributed by atoms with van der Waals surface area (Å²) in [6.07, 6.45) is 1.47. The molecule has 0 radical (unpaired) electrons. The number of aromatic nitrogens is 1. The number of ether oxygens (including phenoxy) is 2. The molecule has 0 fully saturated rings. The van der Waals surface area contributed by atoms with Crippen LogP contribution in [0.5, 0.6) is 17.4 Å². The molecule has 0 aliphatic carbocycles. The average molecular weight is 298 g/mol. The molecule has 0 amide bonds. The lowest BCUT2D eigenvalue weighted by Crippen LogP contribution is -1.92. The Bertz CT molecular complexity index is 516. The first-order chi connectivity index (χ1) is 8.19. The molecule has 88 valence electrons. The summed E-state index contributed by atoms with van der Waals surface area (Å²) in [6, 6.07) is 8.12. The molecule has 1 aromatic heterocycles. The van der Waals surface area contributed by atoms with Gasteiger partial charge in [0.2, 0.25) is 0 Å². The fourth-order valence-electron chi connectivity index (χ4n) is 1.23. The van der Waals surface area contributed by atoms with Gasteiger partial charge in [0.15, 0.2) is 5.82 Å². The highest BCUT2D eigenvalue weighted by Crippen LogP contribution is 2.25. The molecule has 2 aromatic rings. The molecule has 0 aliphatic rings. The first-order valence-electron chi connectivity index (χ1n) is 4.82. The standard InChI is InChI=1S/C12H9BrFNO2/c1-16-9-2-4-10(5-3-9)17-12-11(14)6-8(13)7-15-12/h2-7H,1H3. The molecule has 0 atom stereocenters. The van der Waals surface area contributed by atoms with Gasteiger partial charge in [-0.05, 0) is 46.3 Å². The zero-order valence-electron chi connectivity index (χ0n) is 8.98. The molecular formula is C12H9BrFNO2. The maximum absolute atomic E-state index is 13.4. The normalized spacial score (nSPS) is 10.1. The van der Waals surface area contributed by atoms with E-state index in [9.17, 15) is 4.39 Å². The minimum Gasteiger partial charge on any atom is -0.497 e. The van der Waals surface area contributed by atoms with Crippen LogP contribution in [0.25, 0.3) is 0 Å². The van der Waals surface area contributed by atoms with Crippen LogP contribution in [-0.4, -0.2) is 12.1 Å². The van der Waals surface area contributed by atoms with Gasteiger partial charge in [-0.1, -0.05) is 0 Å². The number of nitrogens with zero attached hydrogens (tertiary/aromatic N) is 1. The molecule has 2 rings (SSSR count). The smallest absolute Gasteiger partial charge is 0.255 e. The number of hydrogen-bond acceptors (Lipinski definition) is 3. The molecule has 0 spiro atoms. The van der Waals surface area contributed by atoms with Crippen LogP contribution in [0, 0.1) is 5.82 Å². The monoisotopic (exact) mass is 297 g/mol. The topological polar surface area (TPSA) is 31.4 Å². The number of halogens is 2. The highest BCUT2D eigenvalue weighted by Gasteiger charge is 2.07. The maximum atomic E-state index is 13.4. The minimum atomic E-state index is -0.518. The van der Waals surface area contributed by atoms with Crippen LogP contribution >= 0.6 is 15.9 Å². The lowest BCUT2D eigenvalue weighted by molar-refractivity contribution is 0.407. The third-order valence-corrected chi connectivity index (χ3v) is 2.48. The van der Waals surface area contributed by atoms with Crippen LogP contribution < -0.4 is 9.47 Å². The van der Waals surface area contributed by atoms with Gasteiger partial charge in [-0.25, -0.2) is 9.37 Å².